The van der Waals surface area contributed by atoms with E-state index in [4.69, 9.17) is 9.84 Å². The molecule has 0 aliphatic carbocycles. The lowest BCUT2D eigenvalue weighted by atomic mass is 9.96. The number of ether oxygens (including phenoxy) is 1. The maximum Gasteiger partial charge on any atom is 0.262 e. The highest BCUT2D eigenvalue weighted by molar-refractivity contribution is 6.03. The monoisotopic (exact) mass is 476 g/mol. The minimum absolute atomic E-state index is 0.0196. The van der Waals surface area contributed by atoms with Gasteiger partial charge in [0.1, 0.15) is 6.54 Å². The molecule has 186 valence electrons. The molecule has 0 bridgehead atoms. The first-order chi connectivity index (χ1) is 16.8. The molecule has 0 spiro atoms. The summed E-state index contributed by atoms with van der Waals surface area (Å²) < 4.78 is 5.41. The second-order valence-electron chi connectivity index (χ2n) is 9.61. The van der Waals surface area contributed by atoms with Gasteiger partial charge in [0.25, 0.3) is 5.91 Å². The number of nitrogens with zero attached hydrogens (tertiary/aromatic N) is 4. The van der Waals surface area contributed by atoms with Crippen LogP contribution in [-0.2, 0) is 14.3 Å². The third-order valence-electron chi connectivity index (χ3n) is 7.03. The molecule has 7 heteroatoms. The lowest BCUT2D eigenvalue weighted by Gasteiger charge is -2.30. The highest BCUT2D eigenvalue weighted by Crippen LogP contribution is 2.33. The number of hydrazone groups is 1. The summed E-state index contributed by atoms with van der Waals surface area (Å²) in [6.07, 6.45) is 0.644. The number of aryl methyl sites for hydroxylation is 3. The van der Waals surface area contributed by atoms with Crippen molar-refractivity contribution in [2.24, 2.45) is 5.10 Å². The van der Waals surface area contributed by atoms with E-state index in [9.17, 15) is 9.59 Å². The highest BCUT2D eigenvalue weighted by Gasteiger charge is 2.34. The molecule has 2 aromatic carbocycles. The minimum Gasteiger partial charge on any atom is -0.379 e. The molecule has 1 fully saturated rings. The van der Waals surface area contributed by atoms with Gasteiger partial charge in [-0.15, -0.1) is 0 Å². The fraction of sp³-hybridized carbons (Fsp3) is 0.464. The Kier molecular flexibility index (Phi) is 7.98. The molecule has 35 heavy (non-hydrogen) atoms. The number of hydrogen-bond acceptors (Lipinski definition) is 5. The van der Waals surface area contributed by atoms with Crippen LogP contribution in [0, 0.1) is 20.8 Å². The lowest BCUT2D eigenvalue weighted by molar-refractivity contribution is -0.140. The molecule has 2 heterocycles. The van der Waals surface area contributed by atoms with Crippen LogP contribution < -0.4 is 0 Å². The van der Waals surface area contributed by atoms with Crippen LogP contribution >= 0.6 is 0 Å². The van der Waals surface area contributed by atoms with Crippen molar-refractivity contribution in [3.63, 3.8) is 0 Å². The first kappa shape index (κ1) is 25.1. The first-order valence-corrected chi connectivity index (χ1v) is 12.4. The van der Waals surface area contributed by atoms with Crippen LogP contribution in [0.1, 0.15) is 47.2 Å². The summed E-state index contributed by atoms with van der Waals surface area (Å²) >= 11 is 0. The van der Waals surface area contributed by atoms with Crippen molar-refractivity contribution in [3.8, 4) is 0 Å². The van der Waals surface area contributed by atoms with Gasteiger partial charge in [0.05, 0.1) is 25.0 Å². The molecule has 0 radical (unpaired) electrons. The van der Waals surface area contributed by atoms with Gasteiger partial charge in [-0.05, 0) is 49.1 Å². The number of amides is 2. The van der Waals surface area contributed by atoms with Gasteiger partial charge < -0.3 is 9.64 Å². The van der Waals surface area contributed by atoms with E-state index in [2.05, 4.69) is 68.1 Å². The van der Waals surface area contributed by atoms with Gasteiger partial charge in [0.2, 0.25) is 5.91 Å². The number of rotatable bonds is 7. The average molecular weight is 477 g/mol. The van der Waals surface area contributed by atoms with E-state index in [1.54, 1.807) is 9.91 Å². The van der Waals surface area contributed by atoms with Crippen LogP contribution in [0.2, 0.25) is 0 Å². The summed E-state index contributed by atoms with van der Waals surface area (Å²) in [5.41, 5.74) is 6.59. The molecule has 2 aliphatic heterocycles. The minimum atomic E-state index is -0.187. The third kappa shape index (κ3) is 6.16. The fourth-order valence-electron chi connectivity index (χ4n) is 4.55. The van der Waals surface area contributed by atoms with E-state index in [-0.39, 0.29) is 24.4 Å². The Morgan fingerprint density at radius 3 is 2.40 bits per heavy atom. The van der Waals surface area contributed by atoms with E-state index < -0.39 is 0 Å². The largest absolute Gasteiger partial charge is 0.379 e. The van der Waals surface area contributed by atoms with Gasteiger partial charge in [-0.25, -0.2) is 5.01 Å². The molecule has 2 amide bonds. The lowest BCUT2D eigenvalue weighted by Crippen LogP contribution is -2.45. The van der Waals surface area contributed by atoms with Crippen LogP contribution in [-0.4, -0.2) is 78.3 Å². The molecular weight excluding hydrogens is 440 g/mol. The summed E-state index contributed by atoms with van der Waals surface area (Å²) in [6, 6.07) is 14.4. The summed E-state index contributed by atoms with van der Waals surface area (Å²) in [5.74, 6) is -0.261. The van der Waals surface area contributed by atoms with Crippen molar-refractivity contribution in [1.29, 1.82) is 0 Å². The molecule has 2 aromatic rings. The number of hydrogen-bond donors (Lipinski definition) is 0. The number of benzene rings is 2. The van der Waals surface area contributed by atoms with Crippen molar-refractivity contribution in [3.05, 3.63) is 70.3 Å². The van der Waals surface area contributed by atoms with Crippen molar-refractivity contribution in [1.82, 2.24) is 14.8 Å². The Morgan fingerprint density at radius 2 is 1.74 bits per heavy atom. The molecule has 4 rings (SSSR count). The average Bonchev–Trinajstić information content (AvgIpc) is 3.30. The van der Waals surface area contributed by atoms with Crippen molar-refractivity contribution < 1.29 is 14.3 Å². The van der Waals surface area contributed by atoms with Crippen LogP contribution in [0.25, 0.3) is 0 Å². The number of carbonyl (C=O) groups excluding carboxylic acids is 2. The Balaban J connectivity index is 1.54. The topological polar surface area (TPSA) is 65.5 Å². The maximum absolute atomic E-state index is 13.6. The molecule has 0 aromatic heterocycles. The summed E-state index contributed by atoms with van der Waals surface area (Å²) in [6.45, 7) is 12.1. The fourth-order valence-corrected chi connectivity index (χ4v) is 4.55. The van der Waals surface area contributed by atoms with E-state index in [0.717, 1.165) is 36.5 Å². The molecule has 1 atom stereocenters. The highest BCUT2D eigenvalue weighted by atomic mass is 16.5. The second kappa shape index (κ2) is 11.1. The van der Waals surface area contributed by atoms with Gasteiger partial charge >= 0.3 is 0 Å². The zero-order valence-electron chi connectivity index (χ0n) is 21.3. The van der Waals surface area contributed by atoms with Crippen LogP contribution in [0.15, 0.2) is 47.6 Å². The smallest absolute Gasteiger partial charge is 0.262 e. The van der Waals surface area contributed by atoms with Crippen molar-refractivity contribution in [2.75, 3.05) is 45.9 Å². The predicted molar refractivity (Wildman–Crippen MR) is 137 cm³/mol. The van der Waals surface area contributed by atoms with Crippen molar-refractivity contribution in [2.45, 2.75) is 40.2 Å². The van der Waals surface area contributed by atoms with E-state index >= 15 is 0 Å². The van der Waals surface area contributed by atoms with Gasteiger partial charge in [0.15, 0.2) is 0 Å². The molecule has 0 saturated carbocycles. The van der Waals surface area contributed by atoms with Crippen LogP contribution in [0.5, 0.6) is 0 Å². The Hall–Kier alpha value is -3.03. The van der Waals surface area contributed by atoms with E-state index in [1.807, 2.05) is 0 Å². The normalized spacial score (nSPS) is 18.5. The number of morpholine rings is 1. The molecule has 2 aliphatic rings. The Bertz CT molecular complexity index is 1090. The molecule has 1 saturated heterocycles. The Morgan fingerprint density at radius 1 is 1.03 bits per heavy atom. The van der Waals surface area contributed by atoms with Gasteiger partial charge in [-0.3, -0.25) is 14.5 Å². The first-order valence-electron chi connectivity index (χ1n) is 12.4. The predicted octanol–water partition coefficient (Wildman–Crippen LogP) is 3.47. The molecule has 0 N–H and O–H groups in total. The van der Waals surface area contributed by atoms with E-state index in [1.165, 1.54) is 23.6 Å². The van der Waals surface area contributed by atoms with Crippen LogP contribution in [0.3, 0.4) is 0 Å². The third-order valence-corrected chi connectivity index (χ3v) is 7.03. The van der Waals surface area contributed by atoms with Gasteiger partial charge in [0, 0.05) is 39.5 Å². The zero-order valence-corrected chi connectivity index (χ0v) is 21.3. The zero-order chi connectivity index (χ0) is 24.9. The summed E-state index contributed by atoms with van der Waals surface area (Å²) in [5, 5.41) is 6.40. The van der Waals surface area contributed by atoms with Gasteiger partial charge in [-0.2, -0.15) is 5.10 Å². The molecule has 7 nitrogen and oxygen atoms in total. The van der Waals surface area contributed by atoms with Crippen LogP contribution in [0.4, 0.5) is 0 Å². The van der Waals surface area contributed by atoms with Gasteiger partial charge in [-0.1, -0.05) is 42.0 Å². The molecular formula is C28H36N4O3. The summed E-state index contributed by atoms with van der Waals surface area (Å²) in [4.78, 5) is 29.8. The van der Waals surface area contributed by atoms with E-state index in [0.29, 0.717) is 26.2 Å². The SMILES string of the molecule is CC(=O)N(CCN1CCOCC1)CC(=O)N1N=C(c2ccc(C)c(C)c2)CC1c1ccc(C)cc1. The second-order valence-corrected chi connectivity index (χ2v) is 9.61. The quantitative estimate of drug-likeness (QED) is 0.614. The molecule has 1 unspecified atom stereocenters. The summed E-state index contributed by atoms with van der Waals surface area (Å²) in [7, 11) is 0. The standard InChI is InChI=1S/C28H36N4O3/c1-20-5-8-24(9-6-20)27-18-26(25-10-7-21(2)22(3)17-25)29-32(27)28(34)19-31(23(4)33)12-11-30-13-15-35-16-14-30/h5-10,17,27H,11-16,18-19H2,1-4H3. The Labute approximate surface area is 208 Å². The van der Waals surface area contributed by atoms with Crippen molar-refractivity contribution >= 4 is 17.5 Å². The number of carbonyl (C=O) groups is 2. The maximum atomic E-state index is 13.6.